The van der Waals surface area contributed by atoms with Gasteiger partial charge in [-0.2, -0.15) is 0 Å². The third-order valence-electron chi connectivity index (χ3n) is 4.83. The Morgan fingerprint density at radius 1 is 0.926 bits per heavy atom. The van der Waals surface area contributed by atoms with Crippen molar-refractivity contribution in [1.82, 2.24) is 4.68 Å². The molecule has 3 aromatic rings. The Hall–Kier alpha value is -3.54. The minimum Gasteiger partial charge on any atom is -0.481 e. The van der Waals surface area contributed by atoms with Crippen LogP contribution in [0.15, 0.2) is 72.9 Å². The van der Waals surface area contributed by atoms with Gasteiger partial charge in [0.05, 0.1) is 29.5 Å². The van der Waals surface area contributed by atoms with Crippen molar-refractivity contribution >= 4 is 23.3 Å². The molecule has 0 radical (unpaired) electrons. The number of carboxylic acids is 1. The molecule has 2 aromatic carbocycles. The second-order valence-electron chi connectivity index (χ2n) is 6.44. The molecular weight excluding hydrogens is 342 g/mol. The van der Waals surface area contributed by atoms with Gasteiger partial charge in [0, 0.05) is 18.8 Å². The predicted octanol–water partition coefficient (Wildman–Crippen LogP) is 3.56. The fourth-order valence-electron chi connectivity index (χ4n) is 3.61. The first-order valence-corrected chi connectivity index (χ1v) is 8.68. The summed E-state index contributed by atoms with van der Waals surface area (Å²) in [6.07, 6.45) is 1.68. The average molecular weight is 361 g/mol. The zero-order chi connectivity index (χ0) is 19.0. The second kappa shape index (κ2) is 6.64. The van der Waals surface area contributed by atoms with Crippen LogP contribution in [0, 0.1) is 0 Å². The maximum atomic E-state index is 13.5. The Bertz CT molecular complexity index is 997. The number of carboxylic acid groups (broad SMARTS) is 1. The van der Waals surface area contributed by atoms with E-state index in [0.717, 1.165) is 11.4 Å². The lowest BCUT2D eigenvalue weighted by Gasteiger charge is -2.30. The maximum Gasteiger partial charge on any atom is 0.305 e. The van der Waals surface area contributed by atoms with Crippen LogP contribution < -0.4 is 9.91 Å². The molecule has 1 aliphatic rings. The van der Waals surface area contributed by atoms with E-state index in [4.69, 9.17) is 0 Å². The normalized spacial score (nSPS) is 15.7. The molecule has 0 bridgehead atoms. The number of nitrogens with zero attached hydrogens (tertiary/aromatic N) is 3. The molecule has 6 heteroatoms. The molecule has 1 unspecified atom stereocenters. The van der Waals surface area contributed by atoms with Gasteiger partial charge in [0.1, 0.15) is 0 Å². The molecular formula is C21H19N3O3. The Morgan fingerprint density at radius 2 is 1.59 bits per heavy atom. The predicted molar refractivity (Wildman–Crippen MR) is 103 cm³/mol. The van der Waals surface area contributed by atoms with Crippen molar-refractivity contribution in [3.8, 4) is 0 Å². The number of anilines is 2. The molecule has 1 atom stereocenters. The van der Waals surface area contributed by atoms with Gasteiger partial charge in [-0.3, -0.25) is 24.2 Å². The Balaban J connectivity index is 1.95. The quantitative estimate of drug-likeness (QED) is 0.775. The minimum atomic E-state index is -0.958. The number of hydrogen-bond acceptors (Lipinski definition) is 3. The van der Waals surface area contributed by atoms with Crippen LogP contribution in [0.4, 0.5) is 11.4 Å². The van der Waals surface area contributed by atoms with E-state index >= 15 is 0 Å². The van der Waals surface area contributed by atoms with E-state index in [1.54, 1.807) is 29.2 Å². The molecule has 2 heterocycles. The third kappa shape index (κ3) is 2.85. The van der Waals surface area contributed by atoms with Crippen molar-refractivity contribution in [2.24, 2.45) is 0 Å². The maximum absolute atomic E-state index is 13.5. The summed E-state index contributed by atoms with van der Waals surface area (Å²) >= 11 is 0. The number of carbonyl (C=O) groups is 2. The van der Waals surface area contributed by atoms with Crippen molar-refractivity contribution < 1.29 is 14.7 Å². The van der Waals surface area contributed by atoms with E-state index < -0.39 is 12.0 Å². The summed E-state index contributed by atoms with van der Waals surface area (Å²) in [7, 11) is 1.90. The van der Waals surface area contributed by atoms with Crippen molar-refractivity contribution in [3.63, 3.8) is 0 Å². The molecule has 0 spiro atoms. The van der Waals surface area contributed by atoms with Crippen molar-refractivity contribution in [3.05, 3.63) is 84.2 Å². The molecule has 0 saturated carbocycles. The van der Waals surface area contributed by atoms with Crippen LogP contribution in [-0.2, 0) is 4.79 Å². The number of aliphatic carboxylic acids is 1. The molecule has 0 fully saturated rings. The number of carbonyl (C=O) groups excluding carboxylic acids is 1. The van der Waals surface area contributed by atoms with Crippen LogP contribution >= 0.6 is 0 Å². The highest BCUT2D eigenvalue weighted by Crippen LogP contribution is 2.41. The zero-order valence-electron chi connectivity index (χ0n) is 14.8. The van der Waals surface area contributed by atoms with E-state index in [1.165, 1.54) is 0 Å². The van der Waals surface area contributed by atoms with Crippen molar-refractivity contribution in [2.45, 2.75) is 12.5 Å². The first-order chi connectivity index (χ1) is 13.1. The molecule has 1 amide bonds. The second-order valence-corrected chi connectivity index (χ2v) is 6.44. The fourth-order valence-corrected chi connectivity index (χ4v) is 3.61. The molecule has 4 rings (SSSR count). The van der Waals surface area contributed by atoms with Gasteiger partial charge >= 0.3 is 5.97 Å². The standard InChI is InChI=1S/C21H19N3O3/c1-22-16-10-5-6-11-18(16)24(21(27)15-8-3-2-4-9-15)19(14-20(25)26)17-12-7-13-23(17)22/h2-13,19H,14H2,1H3,(H,25,26). The smallest absolute Gasteiger partial charge is 0.305 e. The van der Waals surface area contributed by atoms with Crippen molar-refractivity contribution in [1.29, 1.82) is 0 Å². The molecule has 1 N–H and O–H groups in total. The van der Waals surface area contributed by atoms with E-state index in [2.05, 4.69) is 0 Å². The van der Waals surface area contributed by atoms with Gasteiger partial charge in [-0.05, 0) is 36.4 Å². The number of amides is 1. The van der Waals surface area contributed by atoms with Gasteiger partial charge in [-0.15, -0.1) is 0 Å². The number of rotatable bonds is 3. The lowest BCUT2D eigenvalue weighted by atomic mass is 10.0. The summed E-state index contributed by atoms with van der Waals surface area (Å²) in [5.74, 6) is -1.18. The SMILES string of the molecule is CN1c2ccccc2N(C(=O)c2ccccc2)C(CC(=O)O)c2cccn21. The summed E-state index contributed by atoms with van der Waals surface area (Å²) in [6.45, 7) is 0. The number of benzene rings is 2. The third-order valence-corrected chi connectivity index (χ3v) is 4.83. The van der Waals surface area contributed by atoms with E-state index in [0.29, 0.717) is 11.3 Å². The monoisotopic (exact) mass is 361 g/mol. The average Bonchev–Trinajstić information content (AvgIpc) is 3.14. The summed E-state index contributed by atoms with van der Waals surface area (Å²) in [6, 6.07) is 19.6. The summed E-state index contributed by atoms with van der Waals surface area (Å²) < 4.78 is 1.89. The largest absolute Gasteiger partial charge is 0.481 e. The van der Waals surface area contributed by atoms with Crippen LogP contribution in [0.2, 0.25) is 0 Å². The number of fused-ring (bicyclic) bond motifs is 2. The molecule has 6 nitrogen and oxygen atoms in total. The number of para-hydroxylation sites is 2. The fraction of sp³-hybridized carbons (Fsp3) is 0.143. The van der Waals surface area contributed by atoms with E-state index in [9.17, 15) is 14.7 Å². The van der Waals surface area contributed by atoms with E-state index in [1.807, 2.05) is 65.4 Å². The zero-order valence-corrected chi connectivity index (χ0v) is 14.8. The van der Waals surface area contributed by atoms with Crippen LogP contribution in [0.5, 0.6) is 0 Å². The van der Waals surface area contributed by atoms with Crippen molar-refractivity contribution in [2.75, 3.05) is 17.0 Å². The summed E-state index contributed by atoms with van der Waals surface area (Å²) in [5, 5.41) is 11.5. The van der Waals surface area contributed by atoms with Gasteiger partial charge in [0.15, 0.2) is 0 Å². The van der Waals surface area contributed by atoms with Crippen LogP contribution in [0.3, 0.4) is 0 Å². The first kappa shape index (κ1) is 16.9. The highest BCUT2D eigenvalue weighted by atomic mass is 16.4. The minimum absolute atomic E-state index is 0.190. The molecule has 136 valence electrons. The van der Waals surface area contributed by atoms with Crippen LogP contribution in [0.1, 0.15) is 28.5 Å². The highest BCUT2D eigenvalue weighted by Gasteiger charge is 2.36. The molecule has 0 aliphatic carbocycles. The molecule has 1 aromatic heterocycles. The number of hydrogen-bond donors (Lipinski definition) is 1. The Morgan fingerprint density at radius 3 is 2.30 bits per heavy atom. The van der Waals surface area contributed by atoms with E-state index in [-0.39, 0.29) is 12.3 Å². The Labute approximate surface area is 156 Å². The van der Waals surface area contributed by atoms with Gasteiger partial charge in [0.2, 0.25) is 0 Å². The van der Waals surface area contributed by atoms with Gasteiger partial charge < -0.3 is 5.11 Å². The van der Waals surface area contributed by atoms with Gasteiger partial charge in [0.25, 0.3) is 5.91 Å². The van der Waals surface area contributed by atoms with Gasteiger partial charge in [-0.25, -0.2) is 0 Å². The highest BCUT2D eigenvalue weighted by molar-refractivity contribution is 6.08. The number of aromatic nitrogens is 1. The van der Waals surface area contributed by atoms with Crippen LogP contribution in [-0.4, -0.2) is 28.7 Å². The first-order valence-electron chi connectivity index (χ1n) is 8.68. The summed E-state index contributed by atoms with van der Waals surface area (Å²) in [5.41, 5.74) is 2.78. The molecule has 27 heavy (non-hydrogen) atoms. The van der Waals surface area contributed by atoms with Crippen LogP contribution in [0.25, 0.3) is 0 Å². The Kier molecular flexibility index (Phi) is 4.16. The lowest BCUT2D eigenvalue weighted by molar-refractivity contribution is -0.137. The lowest BCUT2D eigenvalue weighted by Crippen LogP contribution is -2.36. The summed E-state index contributed by atoms with van der Waals surface area (Å²) in [4.78, 5) is 26.7. The topological polar surface area (TPSA) is 65.8 Å². The van der Waals surface area contributed by atoms with Gasteiger partial charge in [-0.1, -0.05) is 30.3 Å². The molecule has 1 aliphatic heterocycles. The molecule has 0 saturated heterocycles.